The van der Waals surface area contributed by atoms with Gasteiger partial charge in [0, 0.05) is 5.56 Å². The Kier molecular flexibility index (Phi) is 5.51. The largest absolute Gasteiger partial charge is 0.484 e. The molecule has 0 spiro atoms. The number of amides is 1. The zero-order valence-corrected chi connectivity index (χ0v) is 10.5. The van der Waals surface area contributed by atoms with Crippen LogP contribution in [0, 0.1) is 0 Å². The highest BCUT2D eigenvalue weighted by Crippen LogP contribution is 2.18. The molecule has 0 fully saturated rings. The molecule has 0 bridgehead atoms. The second-order valence-electron chi connectivity index (χ2n) is 3.95. The van der Waals surface area contributed by atoms with E-state index < -0.39 is 37.4 Å². The van der Waals surface area contributed by atoms with Crippen LogP contribution in [-0.2, 0) is 4.79 Å². The third-order valence-corrected chi connectivity index (χ3v) is 2.28. The third-order valence-electron chi connectivity index (χ3n) is 2.28. The van der Waals surface area contributed by atoms with E-state index in [9.17, 15) is 27.2 Å². The van der Waals surface area contributed by atoms with E-state index in [0.717, 1.165) is 24.3 Å². The molecule has 1 amide bonds. The van der Waals surface area contributed by atoms with Crippen molar-refractivity contribution in [2.24, 2.45) is 0 Å². The summed E-state index contributed by atoms with van der Waals surface area (Å²) in [5, 5.41) is 10.5. The van der Waals surface area contributed by atoms with Crippen LogP contribution >= 0.6 is 0 Å². The van der Waals surface area contributed by atoms with E-state index in [4.69, 9.17) is 5.11 Å². The van der Waals surface area contributed by atoms with Crippen molar-refractivity contribution in [1.29, 1.82) is 0 Å². The number of carboxylic acids is 1. The van der Waals surface area contributed by atoms with E-state index in [1.165, 1.54) is 0 Å². The lowest BCUT2D eigenvalue weighted by Crippen LogP contribution is -2.42. The highest BCUT2D eigenvalue weighted by molar-refractivity contribution is 5.96. The van der Waals surface area contributed by atoms with Crippen molar-refractivity contribution in [3.05, 3.63) is 29.8 Å². The first-order valence-corrected chi connectivity index (χ1v) is 5.62. The lowest BCUT2D eigenvalue weighted by molar-refractivity contribution is -0.153. The summed E-state index contributed by atoms with van der Waals surface area (Å²) in [5.41, 5.74) is -0.0333. The van der Waals surface area contributed by atoms with E-state index in [0.29, 0.717) is 0 Å². The average Bonchev–Trinajstić information content (AvgIpc) is 2.41. The quantitative estimate of drug-likeness (QED) is 0.786. The maximum Gasteiger partial charge on any atom is 0.422 e. The molecule has 0 radical (unpaired) electrons. The zero-order chi connectivity index (χ0) is 16.0. The minimum Gasteiger partial charge on any atom is -0.484 e. The molecule has 21 heavy (non-hydrogen) atoms. The van der Waals surface area contributed by atoms with Gasteiger partial charge in [0.25, 0.3) is 5.91 Å². The topological polar surface area (TPSA) is 75.6 Å². The molecular formula is C12H11F4NO4. The monoisotopic (exact) mass is 309 g/mol. The Labute approximate surface area is 116 Å². The maximum atomic E-state index is 12.3. The van der Waals surface area contributed by atoms with E-state index in [2.05, 4.69) is 4.74 Å². The summed E-state index contributed by atoms with van der Waals surface area (Å²) >= 11 is 0. The zero-order valence-electron chi connectivity index (χ0n) is 10.5. The van der Waals surface area contributed by atoms with Gasteiger partial charge in [-0.2, -0.15) is 13.2 Å². The van der Waals surface area contributed by atoms with Gasteiger partial charge in [-0.25, -0.2) is 9.18 Å². The smallest absolute Gasteiger partial charge is 0.422 e. The Bertz CT molecular complexity index is 501. The van der Waals surface area contributed by atoms with Crippen LogP contribution < -0.4 is 10.1 Å². The van der Waals surface area contributed by atoms with E-state index in [-0.39, 0.29) is 11.3 Å². The fourth-order valence-corrected chi connectivity index (χ4v) is 1.28. The van der Waals surface area contributed by atoms with Gasteiger partial charge in [0.2, 0.25) is 0 Å². The van der Waals surface area contributed by atoms with Crippen LogP contribution in [0.25, 0.3) is 0 Å². The Morgan fingerprint density at radius 1 is 1.24 bits per heavy atom. The summed E-state index contributed by atoms with van der Waals surface area (Å²) < 4.78 is 52.6. The molecule has 0 heterocycles. The minimum absolute atomic E-state index is 0.0333. The summed E-state index contributed by atoms with van der Waals surface area (Å²) in [6, 6.07) is 2.83. The molecule has 9 heteroatoms. The second-order valence-corrected chi connectivity index (χ2v) is 3.95. The number of ether oxygens (including phenoxy) is 1. The van der Waals surface area contributed by atoms with Crippen LogP contribution in [0.5, 0.6) is 5.75 Å². The van der Waals surface area contributed by atoms with Crippen molar-refractivity contribution in [2.45, 2.75) is 12.2 Å². The highest BCUT2D eigenvalue weighted by Gasteiger charge is 2.28. The molecule has 0 saturated heterocycles. The Balaban J connectivity index is 2.65. The fourth-order valence-electron chi connectivity index (χ4n) is 1.28. The van der Waals surface area contributed by atoms with Gasteiger partial charge in [-0.15, -0.1) is 0 Å². The number of aliphatic carboxylic acids is 1. The van der Waals surface area contributed by atoms with Crippen LogP contribution in [0.4, 0.5) is 17.6 Å². The second kappa shape index (κ2) is 6.91. The van der Waals surface area contributed by atoms with Crippen molar-refractivity contribution in [3.8, 4) is 5.75 Å². The Morgan fingerprint density at radius 3 is 2.24 bits per heavy atom. The third kappa shape index (κ3) is 5.67. The van der Waals surface area contributed by atoms with Crippen LogP contribution in [0.2, 0.25) is 0 Å². The standard InChI is InChI=1S/C12H11F4NO4/c13-5-9(11(19)20)17-10(18)7-1-3-8(4-2-7)21-6-12(14,15)16/h1-4,9H,5-6H2,(H,17,18)(H,19,20). The van der Waals surface area contributed by atoms with Crippen molar-refractivity contribution in [2.75, 3.05) is 13.3 Å². The molecule has 0 aliphatic heterocycles. The number of benzene rings is 1. The molecule has 1 unspecified atom stereocenters. The maximum absolute atomic E-state index is 12.3. The SMILES string of the molecule is O=C(NC(CF)C(=O)O)c1ccc(OCC(F)(F)F)cc1. The van der Waals surface area contributed by atoms with Gasteiger partial charge in [-0.1, -0.05) is 0 Å². The van der Waals surface area contributed by atoms with Gasteiger partial charge < -0.3 is 15.2 Å². The first kappa shape index (κ1) is 16.7. The molecular weight excluding hydrogens is 298 g/mol. The highest BCUT2D eigenvalue weighted by atomic mass is 19.4. The lowest BCUT2D eigenvalue weighted by Gasteiger charge is -2.12. The molecule has 1 rings (SSSR count). The van der Waals surface area contributed by atoms with Crippen LogP contribution in [-0.4, -0.2) is 42.5 Å². The van der Waals surface area contributed by atoms with Crippen LogP contribution in [0.15, 0.2) is 24.3 Å². The number of nitrogens with one attached hydrogen (secondary N) is 1. The molecule has 1 aromatic carbocycles. The first-order valence-electron chi connectivity index (χ1n) is 5.62. The van der Waals surface area contributed by atoms with Gasteiger partial charge in [-0.05, 0) is 24.3 Å². The summed E-state index contributed by atoms with van der Waals surface area (Å²) in [7, 11) is 0. The summed E-state index contributed by atoms with van der Waals surface area (Å²) in [6.45, 7) is -2.75. The lowest BCUT2D eigenvalue weighted by atomic mass is 10.2. The summed E-state index contributed by atoms with van der Waals surface area (Å²) in [4.78, 5) is 22.1. The van der Waals surface area contributed by atoms with Crippen LogP contribution in [0.1, 0.15) is 10.4 Å². The van der Waals surface area contributed by atoms with Crippen molar-refractivity contribution in [1.82, 2.24) is 5.32 Å². The number of carbonyl (C=O) groups excluding carboxylic acids is 1. The molecule has 0 aromatic heterocycles. The predicted molar refractivity (Wildman–Crippen MR) is 62.9 cm³/mol. The van der Waals surface area contributed by atoms with Crippen molar-refractivity contribution < 1.29 is 37.0 Å². The van der Waals surface area contributed by atoms with E-state index in [1.807, 2.05) is 5.32 Å². The molecule has 0 aliphatic carbocycles. The van der Waals surface area contributed by atoms with Gasteiger partial charge in [0.15, 0.2) is 12.6 Å². The van der Waals surface area contributed by atoms with E-state index >= 15 is 0 Å². The molecule has 0 aliphatic rings. The number of carboxylic acid groups (broad SMARTS) is 1. The van der Waals surface area contributed by atoms with Crippen molar-refractivity contribution >= 4 is 11.9 Å². The number of carbonyl (C=O) groups is 2. The minimum atomic E-state index is -4.48. The first-order chi connectivity index (χ1) is 9.73. The average molecular weight is 309 g/mol. The summed E-state index contributed by atoms with van der Waals surface area (Å²) in [5.74, 6) is -2.50. The normalized spacial score (nSPS) is 12.6. The van der Waals surface area contributed by atoms with E-state index in [1.54, 1.807) is 0 Å². The van der Waals surface area contributed by atoms with Gasteiger partial charge in [0.05, 0.1) is 0 Å². The molecule has 116 valence electrons. The Morgan fingerprint density at radius 2 is 1.81 bits per heavy atom. The van der Waals surface area contributed by atoms with Crippen LogP contribution in [0.3, 0.4) is 0 Å². The van der Waals surface area contributed by atoms with Crippen molar-refractivity contribution in [3.63, 3.8) is 0 Å². The predicted octanol–water partition coefficient (Wildman–Crippen LogP) is 1.78. The van der Waals surface area contributed by atoms with Gasteiger partial charge in [-0.3, -0.25) is 4.79 Å². The molecule has 1 atom stereocenters. The Hall–Kier alpha value is -2.32. The number of hydrogen-bond acceptors (Lipinski definition) is 3. The molecule has 1 aromatic rings. The molecule has 5 nitrogen and oxygen atoms in total. The molecule has 0 saturated carbocycles. The van der Waals surface area contributed by atoms with Gasteiger partial charge in [0.1, 0.15) is 12.4 Å². The fraction of sp³-hybridized carbons (Fsp3) is 0.333. The molecule has 2 N–H and O–H groups in total. The number of hydrogen-bond donors (Lipinski definition) is 2. The summed E-state index contributed by atoms with van der Waals surface area (Å²) in [6.07, 6.45) is -4.48. The van der Waals surface area contributed by atoms with Gasteiger partial charge >= 0.3 is 12.1 Å². The number of alkyl halides is 4. The number of rotatable bonds is 6. The number of halogens is 4.